The van der Waals surface area contributed by atoms with Crippen molar-refractivity contribution in [2.45, 2.75) is 18.6 Å². The van der Waals surface area contributed by atoms with Crippen LogP contribution in [0.5, 0.6) is 0 Å². The number of nitrogens with one attached hydrogen (secondary N) is 2. The van der Waals surface area contributed by atoms with Crippen LogP contribution >= 0.6 is 11.8 Å². The quantitative estimate of drug-likeness (QED) is 0.624. The standard InChI is InChI=1S/C19H18N6O2S/c26-14-7-13(11-3-1-2-4-12(11)14)24-19(27)15-8-25(5-6-28-15)18-16-17(21-9-20-16)22-10-23-18/h1-4,8-10,13-14,26H,5-7H2,(H,24,27)(H,20,21,22,23)/t13-,14+/m1/s1. The third kappa shape index (κ3) is 2.92. The fraction of sp³-hybridized carbons (Fsp3) is 0.263. The Kier molecular flexibility index (Phi) is 4.25. The summed E-state index contributed by atoms with van der Waals surface area (Å²) >= 11 is 1.52. The van der Waals surface area contributed by atoms with Crippen molar-refractivity contribution >= 4 is 34.7 Å². The number of aromatic amines is 1. The molecule has 1 aromatic carbocycles. The zero-order valence-electron chi connectivity index (χ0n) is 14.9. The minimum atomic E-state index is -0.542. The molecule has 1 aliphatic heterocycles. The summed E-state index contributed by atoms with van der Waals surface area (Å²) in [5.74, 6) is 1.30. The summed E-state index contributed by atoms with van der Waals surface area (Å²) in [6.45, 7) is 0.728. The van der Waals surface area contributed by atoms with Gasteiger partial charge < -0.3 is 20.3 Å². The van der Waals surface area contributed by atoms with E-state index in [0.29, 0.717) is 28.3 Å². The van der Waals surface area contributed by atoms with Gasteiger partial charge in [-0.25, -0.2) is 15.0 Å². The number of anilines is 1. The van der Waals surface area contributed by atoms with E-state index in [9.17, 15) is 9.90 Å². The van der Waals surface area contributed by atoms with Crippen LogP contribution in [0.15, 0.2) is 48.0 Å². The van der Waals surface area contributed by atoms with Gasteiger partial charge >= 0.3 is 0 Å². The highest BCUT2D eigenvalue weighted by atomic mass is 32.2. The Hall–Kier alpha value is -2.91. The molecule has 0 unspecified atom stereocenters. The monoisotopic (exact) mass is 394 g/mol. The zero-order chi connectivity index (χ0) is 19.1. The van der Waals surface area contributed by atoms with E-state index in [4.69, 9.17) is 0 Å². The van der Waals surface area contributed by atoms with Crippen LogP contribution in [0.2, 0.25) is 0 Å². The number of rotatable bonds is 3. The van der Waals surface area contributed by atoms with E-state index in [2.05, 4.69) is 25.3 Å². The molecule has 5 rings (SSSR count). The smallest absolute Gasteiger partial charge is 0.259 e. The van der Waals surface area contributed by atoms with Crippen molar-refractivity contribution in [2.24, 2.45) is 0 Å². The first kappa shape index (κ1) is 17.2. The molecule has 8 nitrogen and oxygen atoms in total. The fourth-order valence-corrected chi connectivity index (χ4v) is 4.63. The lowest BCUT2D eigenvalue weighted by atomic mass is 10.1. The Morgan fingerprint density at radius 3 is 3.00 bits per heavy atom. The predicted molar refractivity (Wildman–Crippen MR) is 106 cm³/mol. The molecule has 3 heterocycles. The average Bonchev–Trinajstić information content (AvgIpc) is 3.33. The van der Waals surface area contributed by atoms with Crippen molar-refractivity contribution in [1.29, 1.82) is 0 Å². The number of thioether (sulfide) groups is 1. The first-order valence-corrected chi connectivity index (χ1v) is 10.0. The highest BCUT2D eigenvalue weighted by molar-refractivity contribution is 8.04. The number of imidazole rings is 1. The Bertz CT molecular complexity index is 1080. The molecule has 9 heteroatoms. The fourth-order valence-electron chi connectivity index (χ4n) is 3.73. The summed E-state index contributed by atoms with van der Waals surface area (Å²) < 4.78 is 0. The van der Waals surface area contributed by atoms with Gasteiger partial charge in [0, 0.05) is 24.9 Å². The SMILES string of the molecule is O=C(N[C@@H]1C[C@H](O)c2ccccc21)C1=CN(c2ncnc3[nH]cnc23)CCS1. The van der Waals surface area contributed by atoms with Gasteiger partial charge in [0.1, 0.15) is 6.33 Å². The first-order chi connectivity index (χ1) is 13.7. The molecule has 3 aromatic rings. The lowest BCUT2D eigenvalue weighted by Crippen LogP contribution is -2.32. The number of carbonyl (C=O) groups excluding carboxylic acids is 1. The van der Waals surface area contributed by atoms with Gasteiger partial charge in [-0.1, -0.05) is 24.3 Å². The van der Waals surface area contributed by atoms with Crippen molar-refractivity contribution in [3.8, 4) is 0 Å². The average molecular weight is 394 g/mol. The molecule has 0 saturated carbocycles. The van der Waals surface area contributed by atoms with Gasteiger partial charge in [-0.05, 0) is 11.1 Å². The Balaban J connectivity index is 1.39. The van der Waals surface area contributed by atoms with Gasteiger partial charge in [-0.15, -0.1) is 11.8 Å². The van der Waals surface area contributed by atoms with Gasteiger partial charge in [0.15, 0.2) is 17.0 Å². The number of aliphatic hydroxyl groups is 1. The number of hydrogen-bond donors (Lipinski definition) is 3. The predicted octanol–water partition coefficient (Wildman–Crippen LogP) is 2.04. The van der Waals surface area contributed by atoms with Gasteiger partial charge in [-0.2, -0.15) is 0 Å². The van der Waals surface area contributed by atoms with E-state index in [1.807, 2.05) is 35.4 Å². The number of amides is 1. The second-order valence-electron chi connectivity index (χ2n) is 6.74. The molecule has 0 fully saturated rings. The molecule has 0 saturated heterocycles. The number of H-pyrrole nitrogens is 1. The molecule has 2 atom stereocenters. The second kappa shape index (κ2) is 6.92. The maximum atomic E-state index is 12.9. The summed E-state index contributed by atoms with van der Waals surface area (Å²) in [5.41, 5.74) is 3.22. The van der Waals surface area contributed by atoms with Crippen LogP contribution in [-0.4, -0.2) is 43.2 Å². The largest absolute Gasteiger partial charge is 0.388 e. The molecule has 0 spiro atoms. The maximum Gasteiger partial charge on any atom is 0.259 e. The molecule has 1 aliphatic carbocycles. The van der Waals surface area contributed by atoms with Crippen LogP contribution in [0, 0.1) is 0 Å². The number of carbonyl (C=O) groups is 1. The number of aromatic nitrogens is 4. The van der Waals surface area contributed by atoms with Crippen LogP contribution < -0.4 is 10.2 Å². The van der Waals surface area contributed by atoms with Crippen molar-refractivity contribution in [1.82, 2.24) is 25.3 Å². The normalized spacial score (nSPS) is 21.5. The molecule has 0 bridgehead atoms. The number of benzene rings is 1. The summed E-state index contributed by atoms with van der Waals surface area (Å²) in [4.78, 5) is 31.2. The highest BCUT2D eigenvalue weighted by Crippen LogP contribution is 2.39. The molecule has 142 valence electrons. The van der Waals surface area contributed by atoms with E-state index in [0.717, 1.165) is 23.4 Å². The van der Waals surface area contributed by atoms with E-state index in [1.165, 1.54) is 18.1 Å². The number of fused-ring (bicyclic) bond motifs is 2. The topological polar surface area (TPSA) is 107 Å². The first-order valence-electron chi connectivity index (χ1n) is 9.04. The summed E-state index contributed by atoms with van der Waals surface area (Å²) in [6.07, 6.45) is 4.84. The third-order valence-corrected chi connectivity index (χ3v) is 6.04. The van der Waals surface area contributed by atoms with Crippen LogP contribution in [0.1, 0.15) is 29.7 Å². The Morgan fingerprint density at radius 1 is 1.25 bits per heavy atom. The van der Waals surface area contributed by atoms with Gasteiger partial charge in [0.05, 0.1) is 23.4 Å². The van der Waals surface area contributed by atoms with Crippen LogP contribution in [0.25, 0.3) is 11.2 Å². The van der Waals surface area contributed by atoms with Gasteiger partial charge in [0.25, 0.3) is 5.91 Å². The van der Waals surface area contributed by atoms with E-state index < -0.39 is 6.10 Å². The van der Waals surface area contributed by atoms with Crippen molar-refractivity contribution in [3.63, 3.8) is 0 Å². The third-order valence-electron chi connectivity index (χ3n) is 5.05. The number of nitrogens with zero attached hydrogens (tertiary/aromatic N) is 4. The molecule has 0 radical (unpaired) electrons. The minimum absolute atomic E-state index is 0.143. The van der Waals surface area contributed by atoms with E-state index in [-0.39, 0.29) is 11.9 Å². The second-order valence-corrected chi connectivity index (χ2v) is 7.88. The van der Waals surface area contributed by atoms with E-state index >= 15 is 0 Å². The molecule has 1 amide bonds. The number of hydrogen-bond acceptors (Lipinski definition) is 7. The van der Waals surface area contributed by atoms with E-state index in [1.54, 1.807) is 6.33 Å². The van der Waals surface area contributed by atoms with Crippen molar-refractivity contribution in [3.05, 3.63) is 59.2 Å². The maximum absolute atomic E-state index is 12.9. The van der Waals surface area contributed by atoms with Crippen LogP contribution in [0.4, 0.5) is 5.82 Å². The number of aliphatic hydroxyl groups excluding tert-OH is 1. The minimum Gasteiger partial charge on any atom is -0.388 e. The van der Waals surface area contributed by atoms with Gasteiger partial charge in [-0.3, -0.25) is 4.79 Å². The van der Waals surface area contributed by atoms with Crippen LogP contribution in [0.3, 0.4) is 0 Å². The Morgan fingerprint density at radius 2 is 2.11 bits per heavy atom. The molecule has 2 aromatic heterocycles. The molecular formula is C19H18N6O2S. The summed E-state index contributed by atoms with van der Waals surface area (Å²) in [6, 6.07) is 7.51. The molecule has 3 N–H and O–H groups in total. The highest BCUT2D eigenvalue weighted by Gasteiger charge is 2.31. The molecular weight excluding hydrogens is 376 g/mol. The summed E-state index contributed by atoms with van der Waals surface area (Å²) in [7, 11) is 0. The van der Waals surface area contributed by atoms with Crippen LogP contribution in [-0.2, 0) is 4.79 Å². The zero-order valence-corrected chi connectivity index (χ0v) is 15.7. The summed E-state index contributed by atoms with van der Waals surface area (Å²) in [5, 5.41) is 13.3. The lowest BCUT2D eigenvalue weighted by Gasteiger charge is -2.25. The lowest BCUT2D eigenvalue weighted by molar-refractivity contribution is -0.117. The molecule has 2 aliphatic rings. The molecule has 28 heavy (non-hydrogen) atoms. The van der Waals surface area contributed by atoms with Gasteiger partial charge in [0.2, 0.25) is 0 Å². The Labute approximate surface area is 165 Å². The van der Waals surface area contributed by atoms with Crippen molar-refractivity contribution in [2.75, 3.05) is 17.2 Å². The van der Waals surface area contributed by atoms with Crippen molar-refractivity contribution < 1.29 is 9.90 Å².